The summed E-state index contributed by atoms with van der Waals surface area (Å²) in [5, 5.41) is 13.9. The standard InChI is InChI=1S/C14H22N6O3/c1-10(9-19-5-3-18(2)4-6-19)17-14-12(13(15)21)7-11(8-16-14)20(22)23/h7-8,10H,3-6,9H2,1-2H3,(H2,15,21)(H,16,17). The minimum Gasteiger partial charge on any atom is -0.366 e. The summed E-state index contributed by atoms with van der Waals surface area (Å²) in [6.07, 6.45) is 1.12. The minimum absolute atomic E-state index is 0.0319. The molecule has 23 heavy (non-hydrogen) atoms. The molecule has 9 heteroatoms. The van der Waals surface area contributed by atoms with Gasteiger partial charge in [0.05, 0.1) is 10.5 Å². The molecule has 0 radical (unpaired) electrons. The van der Waals surface area contributed by atoms with E-state index in [1.165, 1.54) is 0 Å². The monoisotopic (exact) mass is 322 g/mol. The van der Waals surface area contributed by atoms with Gasteiger partial charge in [0.1, 0.15) is 12.0 Å². The maximum Gasteiger partial charge on any atom is 0.288 e. The van der Waals surface area contributed by atoms with Crippen molar-refractivity contribution in [2.24, 2.45) is 5.73 Å². The molecule has 9 nitrogen and oxygen atoms in total. The molecule has 126 valence electrons. The Labute approximate surface area is 134 Å². The van der Waals surface area contributed by atoms with Crippen molar-refractivity contribution in [1.82, 2.24) is 14.8 Å². The van der Waals surface area contributed by atoms with Gasteiger partial charge in [-0.3, -0.25) is 19.8 Å². The number of anilines is 1. The average molecular weight is 322 g/mol. The molecule has 0 saturated carbocycles. The number of nitrogens with two attached hydrogens (primary N) is 1. The molecule has 1 atom stereocenters. The second kappa shape index (κ2) is 7.34. The van der Waals surface area contributed by atoms with Crippen molar-refractivity contribution in [2.75, 3.05) is 45.1 Å². The molecule has 1 aliphatic heterocycles. The smallest absolute Gasteiger partial charge is 0.288 e. The molecule has 0 bridgehead atoms. The van der Waals surface area contributed by atoms with Crippen LogP contribution in [0, 0.1) is 10.1 Å². The largest absolute Gasteiger partial charge is 0.366 e. The van der Waals surface area contributed by atoms with Crippen molar-refractivity contribution >= 4 is 17.4 Å². The summed E-state index contributed by atoms with van der Waals surface area (Å²) < 4.78 is 0. The number of piperazine rings is 1. The molecule has 0 aliphatic carbocycles. The number of hydrogen-bond acceptors (Lipinski definition) is 7. The van der Waals surface area contributed by atoms with Gasteiger partial charge < -0.3 is 16.0 Å². The highest BCUT2D eigenvalue weighted by molar-refractivity contribution is 5.98. The van der Waals surface area contributed by atoms with E-state index in [2.05, 4.69) is 27.1 Å². The van der Waals surface area contributed by atoms with E-state index in [4.69, 9.17) is 5.73 Å². The molecule has 0 spiro atoms. The van der Waals surface area contributed by atoms with Crippen LogP contribution in [0.15, 0.2) is 12.3 Å². The van der Waals surface area contributed by atoms with Crippen molar-refractivity contribution in [2.45, 2.75) is 13.0 Å². The van der Waals surface area contributed by atoms with Crippen LogP contribution in [-0.2, 0) is 0 Å². The molecular formula is C14H22N6O3. The Balaban J connectivity index is 2.03. The maximum atomic E-state index is 11.5. The number of carbonyl (C=O) groups is 1. The summed E-state index contributed by atoms with van der Waals surface area (Å²) >= 11 is 0. The molecule has 1 amide bonds. The number of hydrogen-bond donors (Lipinski definition) is 2. The van der Waals surface area contributed by atoms with Crippen molar-refractivity contribution in [3.8, 4) is 0 Å². The highest BCUT2D eigenvalue weighted by Gasteiger charge is 2.20. The predicted octanol–water partition coefficient (Wildman–Crippen LogP) is 0.137. The number of primary amides is 1. The molecule has 1 unspecified atom stereocenters. The van der Waals surface area contributed by atoms with Gasteiger partial charge in [-0.2, -0.15) is 0 Å². The van der Waals surface area contributed by atoms with Crippen molar-refractivity contribution in [3.63, 3.8) is 0 Å². The van der Waals surface area contributed by atoms with Crippen LogP contribution < -0.4 is 11.1 Å². The summed E-state index contributed by atoms with van der Waals surface area (Å²) in [6, 6.07) is 1.19. The molecule has 1 saturated heterocycles. The highest BCUT2D eigenvalue weighted by Crippen LogP contribution is 2.19. The third kappa shape index (κ3) is 4.60. The van der Waals surface area contributed by atoms with E-state index in [0.717, 1.165) is 45.0 Å². The first-order valence-electron chi connectivity index (χ1n) is 7.48. The number of amides is 1. The summed E-state index contributed by atoms with van der Waals surface area (Å²) in [5.74, 6) is -0.458. The first-order chi connectivity index (χ1) is 10.9. The van der Waals surface area contributed by atoms with Gasteiger partial charge in [0, 0.05) is 44.8 Å². The molecule has 1 aromatic heterocycles. The number of nitrogens with one attached hydrogen (secondary N) is 1. The average Bonchev–Trinajstić information content (AvgIpc) is 2.49. The predicted molar refractivity (Wildman–Crippen MR) is 86.4 cm³/mol. The van der Waals surface area contributed by atoms with E-state index in [-0.39, 0.29) is 23.1 Å². The quantitative estimate of drug-likeness (QED) is 0.565. The van der Waals surface area contributed by atoms with Crippen LogP contribution in [0.1, 0.15) is 17.3 Å². The number of aromatic nitrogens is 1. The fourth-order valence-corrected chi connectivity index (χ4v) is 2.55. The topological polar surface area (TPSA) is 118 Å². The van der Waals surface area contributed by atoms with Gasteiger partial charge in [0.2, 0.25) is 0 Å². The van der Waals surface area contributed by atoms with Crippen molar-refractivity contribution in [3.05, 3.63) is 27.9 Å². The highest BCUT2D eigenvalue weighted by atomic mass is 16.6. The van der Waals surface area contributed by atoms with Crippen LogP contribution in [0.2, 0.25) is 0 Å². The third-order valence-corrected chi connectivity index (χ3v) is 3.86. The Hall–Kier alpha value is -2.26. The van der Waals surface area contributed by atoms with Crippen LogP contribution in [0.3, 0.4) is 0 Å². The van der Waals surface area contributed by atoms with Crippen LogP contribution in [-0.4, -0.2) is 71.4 Å². The lowest BCUT2D eigenvalue weighted by atomic mass is 10.2. The summed E-state index contributed by atoms with van der Waals surface area (Å²) in [7, 11) is 2.10. The summed E-state index contributed by atoms with van der Waals surface area (Å²) in [5.41, 5.74) is 5.08. The molecular weight excluding hydrogens is 300 g/mol. The molecule has 3 N–H and O–H groups in total. The molecule has 1 aliphatic rings. The molecule has 2 heterocycles. The number of carbonyl (C=O) groups excluding carboxylic acids is 1. The number of pyridine rings is 1. The number of nitro groups is 1. The van der Waals surface area contributed by atoms with Gasteiger partial charge >= 0.3 is 0 Å². The molecule has 2 rings (SSSR count). The van der Waals surface area contributed by atoms with Crippen LogP contribution >= 0.6 is 0 Å². The minimum atomic E-state index is -0.740. The zero-order chi connectivity index (χ0) is 17.0. The van der Waals surface area contributed by atoms with E-state index in [1.807, 2.05) is 6.92 Å². The molecule has 1 fully saturated rings. The lowest BCUT2D eigenvalue weighted by Gasteiger charge is -2.34. The zero-order valence-electron chi connectivity index (χ0n) is 13.4. The van der Waals surface area contributed by atoms with Gasteiger partial charge in [0.15, 0.2) is 0 Å². The lowest BCUT2D eigenvalue weighted by molar-refractivity contribution is -0.385. The van der Waals surface area contributed by atoms with Gasteiger partial charge in [-0.25, -0.2) is 4.98 Å². The van der Waals surface area contributed by atoms with Crippen molar-refractivity contribution < 1.29 is 9.72 Å². The van der Waals surface area contributed by atoms with E-state index < -0.39 is 10.8 Å². The number of nitrogens with zero attached hydrogens (tertiary/aromatic N) is 4. The Kier molecular flexibility index (Phi) is 5.45. The fraction of sp³-hybridized carbons (Fsp3) is 0.571. The number of rotatable bonds is 6. The zero-order valence-corrected chi connectivity index (χ0v) is 13.4. The Morgan fingerprint density at radius 3 is 2.70 bits per heavy atom. The fourth-order valence-electron chi connectivity index (χ4n) is 2.55. The number of likely N-dealkylation sites (N-methyl/N-ethyl adjacent to an activating group) is 1. The van der Waals surface area contributed by atoms with Gasteiger partial charge in [-0.1, -0.05) is 0 Å². The van der Waals surface area contributed by atoms with E-state index in [1.54, 1.807) is 0 Å². The molecule has 1 aromatic rings. The maximum absolute atomic E-state index is 11.5. The normalized spacial score (nSPS) is 17.7. The lowest BCUT2D eigenvalue weighted by Crippen LogP contribution is -2.47. The SMILES string of the molecule is CC(CN1CCN(C)CC1)Nc1ncc([N+](=O)[O-])cc1C(N)=O. The van der Waals surface area contributed by atoms with Crippen molar-refractivity contribution in [1.29, 1.82) is 0 Å². The second-order valence-electron chi connectivity index (χ2n) is 5.86. The Morgan fingerprint density at radius 1 is 1.48 bits per heavy atom. The Morgan fingerprint density at radius 2 is 2.13 bits per heavy atom. The third-order valence-electron chi connectivity index (χ3n) is 3.86. The van der Waals surface area contributed by atoms with Crippen LogP contribution in [0.25, 0.3) is 0 Å². The second-order valence-corrected chi connectivity index (χ2v) is 5.86. The Bertz CT molecular complexity index is 586. The van der Waals surface area contributed by atoms with Gasteiger partial charge in [-0.05, 0) is 14.0 Å². The van der Waals surface area contributed by atoms with E-state index >= 15 is 0 Å². The van der Waals surface area contributed by atoms with Gasteiger partial charge in [-0.15, -0.1) is 0 Å². The first-order valence-corrected chi connectivity index (χ1v) is 7.48. The first kappa shape index (κ1) is 17.1. The van der Waals surface area contributed by atoms with Crippen LogP contribution in [0.4, 0.5) is 11.5 Å². The van der Waals surface area contributed by atoms with E-state index in [0.29, 0.717) is 0 Å². The molecule has 0 aromatic carbocycles. The van der Waals surface area contributed by atoms with E-state index in [9.17, 15) is 14.9 Å². The summed E-state index contributed by atoms with van der Waals surface area (Å²) in [6.45, 7) is 6.79. The van der Waals surface area contributed by atoms with Gasteiger partial charge in [0.25, 0.3) is 11.6 Å². The van der Waals surface area contributed by atoms with Crippen LogP contribution in [0.5, 0.6) is 0 Å². The summed E-state index contributed by atoms with van der Waals surface area (Å²) in [4.78, 5) is 30.3.